The Morgan fingerprint density at radius 2 is 2.19 bits per heavy atom. The van der Waals surface area contributed by atoms with E-state index in [1.807, 2.05) is 43.3 Å². The van der Waals surface area contributed by atoms with E-state index < -0.39 is 0 Å². The Kier molecular flexibility index (Phi) is 5.28. The summed E-state index contributed by atoms with van der Waals surface area (Å²) in [6.07, 6.45) is 0. The summed E-state index contributed by atoms with van der Waals surface area (Å²) in [4.78, 5) is 13.5. The third-order valence-electron chi connectivity index (χ3n) is 1.93. The second-order valence-electron chi connectivity index (χ2n) is 3.69. The molecule has 16 heavy (non-hydrogen) atoms. The van der Waals surface area contributed by atoms with Gasteiger partial charge in [-0.3, -0.25) is 0 Å². The highest BCUT2D eigenvalue weighted by molar-refractivity contribution is 9.10. The molecule has 1 aromatic carbocycles. The van der Waals surface area contributed by atoms with Gasteiger partial charge in [-0.05, 0) is 32.3 Å². The van der Waals surface area contributed by atoms with Crippen molar-refractivity contribution in [2.75, 3.05) is 32.5 Å². The number of hydrogen-bond donors (Lipinski definition) is 2. The quantitative estimate of drug-likeness (QED) is 0.890. The summed E-state index contributed by atoms with van der Waals surface area (Å²) in [5.41, 5.74) is 0.775. The summed E-state index contributed by atoms with van der Waals surface area (Å²) < 4.78 is 0.943. The van der Waals surface area contributed by atoms with Crippen LogP contribution in [0.5, 0.6) is 0 Å². The van der Waals surface area contributed by atoms with Gasteiger partial charge < -0.3 is 15.5 Å². The van der Waals surface area contributed by atoms with Crippen molar-refractivity contribution in [3.63, 3.8) is 0 Å². The van der Waals surface area contributed by atoms with Gasteiger partial charge in [-0.25, -0.2) is 4.79 Å². The predicted molar refractivity (Wildman–Crippen MR) is 69.7 cm³/mol. The van der Waals surface area contributed by atoms with Crippen LogP contribution in [0.15, 0.2) is 28.7 Å². The normalized spacial score (nSPS) is 10.2. The van der Waals surface area contributed by atoms with Gasteiger partial charge in [-0.1, -0.05) is 22.0 Å². The fourth-order valence-corrected chi connectivity index (χ4v) is 1.53. The van der Waals surface area contributed by atoms with Gasteiger partial charge in [0.2, 0.25) is 0 Å². The molecule has 0 saturated heterocycles. The molecule has 0 aliphatic carbocycles. The molecular weight excluding hydrogens is 270 g/mol. The Morgan fingerprint density at radius 1 is 1.44 bits per heavy atom. The van der Waals surface area contributed by atoms with Crippen molar-refractivity contribution in [3.8, 4) is 0 Å². The first-order valence-corrected chi connectivity index (χ1v) is 5.82. The zero-order chi connectivity index (χ0) is 12.0. The zero-order valence-corrected chi connectivity index (χ0v) is 11.0. The van der Waals surface area contributed by atoms with E-state index in [1.54, 1.807) is 0 Å². The van der Waals surface area contributed by atoms with Crippen LogP contribution in [-0.4, -0.2) is 38.1 Å². The van der Waals surface area contributed by atoms with Crippen LogP contribution in [0, 0.1) is 0 Å². The molecule has 1 aromatic rings. The second-order valence-corrected chi connectivity index (χ2v) is 4.61. The molecule has 0 radical (unpaired) electrons. The molecule has 88 valence electrons. The number of amides is 2. The van der Waals surface area contributed by atoms with Crippen molar-refractivity contribution in [3.05, 3.63) is 28.7 Å². The lowest BCUT2D eigenvalue weighted by Crippen LogP contribution is -2.34. The van der Waals surface area contributed by atoms with Crippen molar-refractivity contribution in [2.24, 2.45) is 0 Å². The van der Waals surface area contributed by atoms with Crippen molar-refractivity contribution in [1.29, 1.82) is 0 Å². The van der Waals surface area contributed by atoms with Gasteiger partial charge in [0.1, 0.15) is 0 Å². The van der Waals surface area contributed by atoms with Crippen LogP contribution in [0.2, 0.25) is 0 Å². The molecule has 2 N–H and O–H groups in total. The van der Waals surface area contributed by atoms with Gasteiger partial charge in [0.05, 0.1) is 0 Å². The van der Waals surface area contributed by atoms with Gasteiger partial charge >= 0.3 is 6.03 Å². The first-order valence-electron chi connectivity index (χ1n) is 5.03. The van der Waals surface area contributed by atoms with Gasteiger partial charge in [0, 0.05) is 23.2 Å². The van der Waals surface area contributed by atoms with Crippen LogP contribution in [0.25, 0.3) is 0 Å². The molecular formula is C11H16BrN3O. The lowest BCUT2D eigenvalue weighted by molar-refractivity contribution is 0.250. The number of urea groups is 1. The summed E-state index contributed by atoms with van der Waals surface area (Å²) >= 11 is 3.35. The number of anilines is 1. The van der Waals surface area contributed by atoms with Gasteiger partial charge in [0.25, 0.3) is 0 Å². The third-order valence-corrected chi connectivity index (χ3v) is 2.42. The molecule has 5 heteroatoms. The summed E-state index contributed by atoms with van der Waals surface area (Å²) in [5.74, 6) is 0. The number of rotatable bonds is 4. The average molecular weight is 286 g/mol. The Bertz CT molecular complexity index is 355. The Balaban J connectivity index is 2.34. The standard InChI is InChI=1S/C11H16BrN3O/c1-15(2)7-6-13-11(16)14-10-5-3-4-9(12)8-10/h3-5,8H,6-7H2,1-2H3,(H2,13,14,16). The van der Waals surface area contributed by atoms with E-state index >= 15 is 0 Å². The number of carbonyl (C=O) groups excluding carboxylic acids is 1. The van der Waals surface area contributed by atoms with Crippen molar-refractivity contribution in [2.45, 2.75) is 0 Å². The fraction of sp³-hybridized carbons (Fsp3) is 0.364. The maximum absolute atomic E-state index is 11.4. The van der Waals surface area contributed by atoms with E-state index in [4.69, 9.17) is 0 Å². The topological polar surface area (TPSA) is 44.4 Å². The number of halogens is 1. The molecule has 0 atom stereocenters. The van der Waals surface area contributed by atoms with E-state index in [9.17, 15) is 4.79 Å². The molecule has 0 unspecified atom stereocenters. The van der Waals surface area contributed by atoms with Crippen LogP contribution >= 0.6 is 15.9 Å². The van der Waals surface area contributed by atoms with Crippen LogP contribution in [0.1, 0.15) is 0 Å². The van der Waals surface area contributed by atoms with Crippen LogP contribution in [0.3, 0.4) is 0 Å². The monoisotopic (exact) mass is 285 g/mol. The Labute approximate surface area is 104 Å². The van der Waals surface area contributed by atoms with Crippen molar-refractivity contribution < 1.29 is 4.79 Å². The number of likely N-dealkylation sites (N-methyl/N-ethyl adjacent to an activating group) is 1. The second kappa shape index (κ2) is 6.50. The first kappa shape index (κ1) is 13.0. The van der Waals surface area contributed by atoms with E-state index in [-0.39, 0.29) is 6.03 Å². The molecule has 2 amide bonds. The largest absolute Gasteiger partial charge is 0.337 e. The maximum Gasteiger partial charge on any atom is 0.319 e. The van der Waals surface area contributed by atoms with E-state index in [1.165, 1.54) is 0 Å². The summed E-state index contributed by atoms with van der Waals surface area (Å²) in [6, 6.07) is 7.30. The molecule has 0 aromatic heterocycles. The number of nitrogens with one attached hydrogen (secondary N) is 2. The van der Waals surface area contributed by atoms with Crippen LogP contribution in [-0.2, 0) is 0 Å². The van der Waals surface area contributed by atoms with Crippen LogP contribution in [0.4, 0.5) is 10.5 Å². The highest BCUT2D eigenvalue weighted by Gasteiger charge is 2.01. The average Bonchev–Trinajstić information content (AvgIpc) is 2.16. The summed E-state index contributed by atoms with van der Waals surface area (Å²) in [5, 5.41) is 5.53. The fourth-order valence-electron chi connectivity index (χ4n) is 1.13. The first-order chi connectivity index (χ1) is 7.58. The van der Waals surface area contributed by atoms with Gasteiger partial charge in [-0.15, -0.1) is 0 Å². The molecule has 0 saturated carbocycles. The SMILES string of the molecule is CN(C)CCNC(=O)Nc1cccc(Br)c1. The minimum Gasteiger partial charge on any atom is -0.337 e. The minimum absolute atomic E-state index is 0.181. The highest BCUT2D eigenvalue weighted by atomic mass is 79.9. The smallest absolute Gasteiger partial charge is 0.319 e. The van der Waals surface area contributed by atoms with Gasteiger partial charge in [-0.2, -0.15) is 0 Å². The summed E-state index contributed by atoms with van der Waals surface area (Å²) in [6.45, 7) is 1.46. The molecule has 4 nitrogen and oxygen atoms in total. The lowest BCUT2D eigenvalue weighted by atomic mass is 10.3. The molecule has 1 rings (SSSR count). The van der Waals surface area contributed by atoms with Crippen LogP contribution < -0.4 is 10.6 Å². The number of nitrogens with zero attached hydrogens (tertiary/aromatic N) is 1. The van der Waals surface area contributed by atoms with Crippen molar-refractivity contribution >= 4 is 27.6 Å². The van der Waals surface area contributed by atoms with Gasteiger partial charge in [0.15, 0.2) is 0 Å². The lowest BCUT2D eigenvalue weighted by Gasteiger charge is -2.11. The Morgan fingerprint density at radius 3 is 2.81 bits per heavy atom. The highest BCUT2D eigenvalue weighted by Crippen LogP contribution is 2.15. The third kappa shape index (κ3) is 5.14. The number of benzene rings is 1. The number of carbonyl (C=O) groups is 1. The minimum atomic E-state index is -0.181. The maximum atomic E-state index is 11.4. The predicted octanol–water partition coefficient (Wildman–Crippen LogP) is 2.13. The molecule has 0 heterocycles. The molecule has 0 aliphatic rings. The summed E-state index contributed by atoms with van der Waals surface area (Å²) in [7, 11) is 3.93. The molecule has 0 bridgehead atoms. The zero-order valence-electron chi connectivity index (χ0n) is 9.46. The molecule has 0 fully saturated rings. The van der Waals surface area contributed by atoms with E-state index in [0.717, 1.165) is 16.7 Å². The van der Waals surface area contributed by atoms with E-state index in [2.05, 4.69) is 26.6 Å². The Hall–Kier alpha value is -1.07. The van der Waals surface area contributed by atoms with E-state index in [0.29, 0.717) is 6.54 Å². The molecule has 0 aliphatic heterocycles. The van der Waals surface area contributed by atoms with Crippen molar-refractivity contribution in [1.82, 2.24) is 10.2 Å². The number of hydrogen-bond acceptors (Lipinski definition) is 2. The molecule has 0 spiro atoms.